The lowest BCUT2D eigenvalue weighted by Gasteiger charge is -2.35. The molecule has 0 aliphatic carbocycles. The molecule has 0 radical (unpaired) electrons. The number of rotatable bonds is 10. The van der Waals surface area contributed by atoms with Crippen LogP contribution in [0.2, 0.25) is 0 Å². The molecule has 3 aromatic rings. The molecule has 180 valence electrons. The summed E-state index contributed by atoms with van der Waals surface area (Å²) in [5.41, 5.74) is 6.59. The monoisotopic (exact) mass is 459 g/mol. The summed E-state index contributed by atoms with van der Waals surface area (Å²) in [5, 5.41) is 0. The van der Waals surface area contributed by atoms with Gasteiger partial charge in [-0.2, -0.15) is 0 Å². The zero-order valence-corrected chi connectivity index (χ0v) is 21.5. The fourth-order valence-electron chi connectivity index (χ4n) is 4.36. The van der Waals surface area contributed by atoms with E-state index < -0.39 is 5.60 Å². The first-order valence-electron chi connectivity index (χ1n) is 11.6. The maximum atomic E-state index is 11.9. The number of aldehydes is 1. The lowest BCUT2D eigenvalue weighted by molar-refractivity contribution is 0.0146. The zero-order valence-electron chi connectivity index (χ0n) is 21.5. The number of benzene rings is 3. The lowest BCUT2D eigenvalue weighted by Crippen LogP contribution is -2.31. The third-order valence-corrected chi connectivity index (χ3v) is 6.57. The van der Waals surface area contributed by atoms with Crippen LogP contribution in [0.3, 0.4) is 0 Å². The maximum Gasteiger partial charge on any atom is 0.150 e. The molecule has 0 spiro atoms. The number of aryl methyl sites for hydroxylation is 1. The summed E-state index contributed by atoms with van der Waals surface area (Å²) < 4.78 is 6.34. The van der Waals surface area contributed by atoms with E-state index in [0.29, 0.717) is 12.8 Å². The van der Waals surface area contributed by atoms with Crippen LogP contribution in [0.1, 0.15) is 33.5 Å². The molecule has 5 nitrogen and oxygen atoms in total. The largest absolute Gasteiger partial charge is 0.378 e. The van der Waals surface area contributed by atoms with Crippen molar-refractivity contribution in [2.75, 3.05) is 64.1 Å². The third kappa shape index (κ3) is 5.26. The topological polar surface area (TPSA) is 36.0 Å². The van der Waals surface area contributed by atoms with Gasteiger partial charge in [0.15, 0.2) is 0 Å². The summed E-state index contributed by atoms with van der Waals surface area (Å²) in [7, 11) is 13.9. The Morgan fingerprint density at radius 2 is 1.15 bits per heavy atom. The fraction of sp³-hybridized carbons (Fsp3) is 0.345. The molecule has 0 heterocycles. The van der Waals surface area contributed by atoms with E-state index in [1.807, 2.05) is 53.3 Å². The average molecular weight is 460 g/mol. The van der Waals surface area contributed by atoms with Crippen molar-refractivity contribution in [2.24, 2.45) is 0 Å². The first-order chi connectivity index (χ1) is 16.2. The Hall–Kier alpha value is -3.31. The van der Waals surface area contributed by atoms with Gasteiger partial charge >= 0.3 is 0 Å². The minimum absolute atomic E-state index is 0.643. The Labute approximate surface area is 204 Å². The number of hydrogen-bond acceptors (Lipinski definition) is 5. The number of methoxy groups -OCH3 is 1. The summed E-state index contributed by atoms with van der Waals surface area (Å²) >= 11 is 0. The lowest BCUT2D eigenvalue weighted by atomic mass is 9.80. The average Bonchev–Trinajstić information content (AvgIpc) is 2.85. The third-order valence-electron chi connectivity index (χ3n) is 6.57. The van der Waals surface area contributed by atoms with Crippen LogP contribution in [-0.2, 0) is 16.8 Å². The normalized spacial score (nSPS) is 11.3. The van der Waals surface area contributed by atoms with Crippen molar-refractivity contribution in [3.8, 4) is 0 Å². The Morgan fingerprint density at radius 3 is 1.53 bits per heavy atom. The van der Waals surface area contributed by atoms with Gasteiger partial charge in [0.05, 0.1) is 0 Å². The summed E-state index contributed by atoms with van der Waals surface area (Å²) in [4.78, 5) is 18.1. The van der Waals surface area contributed by atoms with Gasteiger partial charge in [-0.15, -0.1) is 0 Å². The smallest absolute Gasteiger partial charge is 0.150 e. The van der Waals surface area contributed by atoms with E-state index in [-0.39, 0.29) is 0 Å². The molecule has 5 heteroatoms. The Kier molecular flexibility index (Phi) is 8.00. The Balaban J connectivity index is 2.05. The summed E-state index contributed by atoms with van der Waals surface area (Å²) in [5.74, 6) is 0. The molecule has 34 heavy (non-hydrogen) atoms. The van der Waals surface area contributed by atoms with Crippen molar-refractivity contribution in [3.05, 3.63) is 89.0 Å². The number of anilines is 3. The molecule has 0 atom stereocenters. The highest BCUT2D eigenvalue weighted by atomic mass is 16.5. The molecule has 0 saturated carbocycles. The van der Waals surface area contributed by atoms with E-state index in [9.17, 15) is 4.79 Å². The Morgan fingerprint density at radius 1 is 0.706 bits per heavy atom. The number of hydrogen-bond donors (Lipinski definition) is 0. The highest BCUT2D eigenvalue weighted by Gasteiger charge is 2.34. The number of ether oxygens (including phenoxy) is 1. The van der Waals surface area contributed by atoms with Gasteiger partial charge in [-0.25, -0.2) is 0 Å². The van der Waals surface area contributed by atoms with Gasteiger partial charge in [0.25, 0.3) is 0 Å². The summed E-state index contributed by atoms with van der Waals surface area (Å²) in [6.45, 7) is 0. The first kappa shape index (κ1) is 25.3. The minimum Gasteiger partial charge on any atom is -0.378 e. The van der Waals surface area contributed by atoms with Crippen molar-refractivity contribution < 1.29 is 9.53 Å². The predicted molar refractivity (Wildman–Crippen MR) is 144 cm³/mol. The van der Waals surface area contributed by atoms with E-state index in [1.165, 1.54) is 0 Å². The molecular weight excluding hydrogens is 422 g/mol. The molecule has 0 amide bonds. The van der Waals surface area contributed by atoms with Crippen molar-refractivity contribution in [2.45, 2.75) is 18.4 Å². The highest BCUT2D eigenvalue weighted by Crippen LogP contribution is 2.39. The fourth-order valence-corrected chi connectivity index (χ4v) is 4.36. The molecule has 0 saturated heterocycles. The molecular formula is C29H37N3O2. The van der Waals surface area contributed by atoms with Crippen LogP contribution in [0.15, 0.2) is 66.7 Å². The van der Waals surface area contributed by atoms with Crippen LogP contribution < -0.4 is 14.7 Å². The van der Waals surface area contributed by atoms with Crippen LogP contribution >= 0.6 is 0 Å². The zero-order chi connectivity index (χ0) is 24.9. The van der Waals surface area contributed by atoms with E-state index in [2.05, 4.69) is 70.5 Å². The quantitative estimate of drug-likeness (QED) is 0.389. The van der Waals surface area contributed by atoms with Crippen LogP contribution in [0.4, 0.5) is 17.1 Å². The van der Waals surface area contributed by atoms with Crippen molar-refractivity contribution in [1.29, 1.82) is 0 Å². The molecule has 0 aliphatic rings. The van der Waals surface area contributed by atoms with Gasteiger partial charge in [-0.05, 0) is 65.9 Å². The maximum absolute atomic E-state index is 11.9. The second kappa shape index (κ2) is 10.7. The minimum atomic E-state index is -0.643. The second-order valence-corrected chi connectivity index (χ2v) is 9.31. The van der Waals surface area contributed by atoms with E-state index in [4.69, 9.17) is 4.74 Å². The molecule has 0 N–H and O–H groups in total. The van der Waals surface area contributed by atoms with Gasteiger partial charge in [0.2, 0.25) is 0 Å². The van der Waals surface area contributed by atoms with E-state index >= 15 is 0 Å². The first-order valence-corrected chi connectivity index (χ1v) is 11.6. The Bertz CT molecular complexity index is 1040. The standard InChI is InChI=1S/C29H37N3O2/c1-30(2)26-14-9-24(10-15-26)29(34-7,25-11-16-27(17-12-25)31(3)4)19-18-22-8-13-28(32(5)6)20-23(22)21-33/h8-17,20-21H,18-19H2,1-7H3. The van der Waals surface area contributed by atoms with Gasteiger partial charge in [-0.3, -0.25) is 4.79 Å². The number of carbonyl (C=O) groups excluding carboxylic acids is 1. The van der Waals surface area contributed by atoms with Gasteiger partial charge in [0.1, 0.15) is 11.9 Å². The van der Waals surface area contributed by atoms with Gasteiger partial charge < -0.3 is 19.4 Å². The van der Waals surface area contributed by atoms with Crippen molar-refractivity contribution >= 4 is 23.3 Å². The number of carbonyl (C=O) groups is 1. The van der Waals surface area contributed by atoms with Crippen LogP contribution in [-0.4, -0.2) is 55.7 Å². The molecule has 3 rings (SSSR count). The summed E-state index contributed by atoms with van der Waals surface area (Å²) in [6, 6.07) is 23.2. The molecule has 0 fully saturated rings. The molecule has 3 aromatic carbocycles. The van der Waals surface area contributed by atoms with Crippen LogP contribution in [0.5, 0.6) is 0 Å². The molecule has 0 bridgehead atoms. The van der Waals surface area contributed by atoms with Gasteiger partial charge in [-0.1, -0.05) is 30.3 Å². The van der Waals surface area contributed by atoms with Crippen molar-refractivity contribution in [3.63, 3.8) is 0 Å². The molecule has 0 unspecified atom stereocenters. The highest BCUT2D eigenvalue weighted by molar-refractivity contribution is 5.79. The SMILES string of the molecule is COC(CCc1ccc(N(C)C)cc1C=O)(c1ccc(N(C)C)cc1)c1ccc(N(C)C)cc1. The van der Waals surface area contributed by atoms with Gasteiger partial charge in [0, 0.05) is 72.0 Å². The second-order valence-electron chi connectivity index (χ2n) is 9.31. The molecule has 0 aromatic heterocycles. The molecule has 0 aliphatic heterocycles. The van der Waals surface area contributed by atoms with Crippen LogP contribution in [0.25, 0.3) is 0 Å². The number of nitrogens with zero attached hydrogens (tertiary/aromatic N) is 3. The van der Waals surface area contributed by atoms with E-state index in [0.717, 1.165) is 45.6 Å². The predicted octanol–water partition coefficient (Wildman–Crippen LogP) is 5.22. The van der Waals surface area contributed by atoms with E-state index in [1.54, 1.807) is 7.11 Å². The van der Waals surface area contributed by atoms with Crippen molar-refractivity contribution in [1.82, 2.24) is 0 Å². The summed E-state index contributed by atoms with van der Waals surface area (Å²) in [6.07, 6.45) is 2.36. The van der Waals surface area contributed by atoms with Crippen LogP contribution in [0, 0.1) is 0 Å².